The normalized spacial score (nSPS) is 13.5. The highest BCUT2D eigenvalue weighted by atomic mass is 79.9. The van der Waals surface area contributed by atoms with E-state index in [2.05, 4.69) is 21.4 Å². The molecule has 1 rings (SSSR count). The minimum atomic E-state index is -4.29. The average Bonchev–Trinajstić information content (AvgIpc) is 2.30. The second-order valence-electron chi connectivity index (χ2n) is 3.05. The maximum atomic E-state index is 9.41. The molecule has 1 unspecified atom stereocenters. The summed E-state index contributed by atoms with van der Waals surface area (Å²) in [5, 5.41) is 0.325. The van der Waals surface area contributed by atoms with Crippen LogP contribution in [0, 0.1) is 0 Å². The van der Waals surface area contributed by atoms with Gasteiger partial charge in [-0.3, -0.25) is 0 Å². The number of rotatable bonds is 4. The quantitative estimate of drug-likeness (QED) is 0.343. The predicted molar refractivity (Wildman–Crippen MR) is 80.1 cm³/mol. The van der Waals surface area contributed by atoms with E-state index in [-0.39, 0.29) is 20.7 Å². The molecule has 0 fully saturated rings. The first-order chi connectivity index (χ1) is 8.73. The van der Waals surface area contributed by atoms with Crippen molar-refractivity contribution in [2.45, 2.75) is 4.90 Å². The van der Waals surface area contributed by atoms with Crippen LogP contribution in [0.15, 0.2) is 15.4 Å². The van der Waals surface area contributed by atoms with E-state index < -0.39 is 17.1 Å². The van der Waals surface area contributed by atoms with Gasteiger partial charge in [-0.15, -0.1) is 0 Å². The van der Waals surface area contributed by atoms with Crippen LogP contribution in [0.4, 0.5) is 0 Å². The minimum absolute atomic E-state index is 0.0761. The Morgan fingerprint density at radius 1 is 1.37 bits per heavy atom. The van der Waals surface area contributed by atoms with Crippen LogP contribution in [-0.4, -0.2) is 28.8 Å². The van der Waals surface area contributed by atoms with Crippen LogP contribution >= 0.6 is 45.9 Å². The zero-order chi connectivity index (χ0) is 14.8. The topological polar surface area (TPSA) is 91.2 Å². The van der Waals surface area contributed by atoms with Gasteiger partial charge in [-0.25, -0.2) is 0 Å². The first-order valence-corrected chi connectivity index (χ1v) is 9.57. The molecular formula is C8H11BrCl2NO5PS. The number of hydroxylamine groups is 1. The van der Waals surface area contributed by atoms with E-state index in [4.69, 9.17) is 32.2 Å². The van der Waals surface area contributed by atoms with Crippen LogP contribution in [0.5, 0.6) is 5.75 Å². The van der Waals surface area contributed by atoms with Gasteiger partial charge in [0.25, 0.3) is 0 Å². The van der Waals surface area contributed by atoms with Crippen LogP contribution in [0.25, 0.3) is 0 Å². The van der Waals surface area contributed by atoms with Crippen molar-refractivity contribution in [3.8, 4) is 5.75 Å². The zero-order valence-corrected chi connectivity index (χ0v) is 14.5. The SMILES string of the molecule is CNOc1c(S(OC)=P(O)(O)O)cc(Cl)c(Br)c1Cl. The molecule has 1 atom stereocenters. The molecule has 6 nitrogen and oxygen atoms in total. The molecule has 19 heavy (non-hydrogen) atoms. The third-order valence-electron chi connectivity index (χ3n) is 1.86. The van der Waals surface area contributed by atoms with E-state index in [1.54, 1.807) is 0 Å². The van der Waals surface area contributed by atoms with Crippen LogP contribution in [-0.2, 0) is 14.5 Å². The van der Waals surface area contributed by atoms with Gasteiger partial charge in [0, 0.05) is 17.4 Å². The fraction of sp³-hybridized carbons (Fsp3) is 0.250. The lowest BCUT2D eigenvalue weighted by atomic mass is 10.3. The second kappa shape index (κ2) is 7.09. The summed E-state index contributed by atoms with van der Waals surface area (Å²) in [5.74, 6) is 0.0761. The highest BCUT2D eigenvalue weighted by Crippen LogP contribution is 2.47. The molecule has 4 N–H and O–H groups in total. The summed E-state index contributed by atoms with van der Waals surface area (Å²) in [7, 11) is 0.978. The Kier molecular flexibility index (Phi) is 6.60. The molecule has 11 heteroatoms. The van der Waals surface area contributed by atoms with Crippen molar-refractivity contribution in [3.63, 3.8) is 0 Å². The molecule has 0 saturated carbocycles. The fourth-order valence-electron chi connectivity index (χ4n) is 1.21. The molecule has 0 aliphatic heterocycles. The van der Waals surface area contributed by atoms with E-state index in [1.165, 1.54) is 20.2 Å². The Bertz CT molecular complexity index is 544. The Balaban J connectivity index is 3.68. The number of halogens is 3. The van der Waals surface area contributed by atoms with Crippen molar-refractivity contribution in [2.75, 3.05) is 14.2 Å². The molecule has 1 aromatic carbocycles. The van der Waals surface area contributed by atoms with Crippen LogP contribution < -0.4 is 10.3 Å². The largest absolute Gasteiger partial charge is 0.406 e. The second-order valence-corrected chi connectivity index (χ2v) is 9.39. The molecule has 0 heterocycles. The van der Waals surface area contributed by atoms with Gasteiger partial charge in [0.15, 0.2) is 5.75 Å². The number of benzene rings is 1. The Hall–Kier alpha value is 0.660. The lowest BCUT2D eigenvalue weighted by Gasteiger charge is -2.18. The third-order valence-corrected chi connectivity index (χ3v) is 7.61. The van der Waals surface area contributed by atoms with Crippen LogP contribution in [0.2, 0.25) is 10.0 Å². The standard InChI is InChI=1S/C8H11BrCl2NO5PS/c1-12-17-8-5(19(16-2)18(13,14)15)3-4(10)6(9)7(8)11/h3,12-15H,1-2H3. The van der Waals surface area contributed by atoms with Gasteiger partial charge < -0.3 is 23.7 Å². The molecule has 0 bridgehead atoms. The minimum Gasteiger partial charge on any atom is -0.406 e. The van der Waals surface area contributed by atoms with Crippen LogP contribution in [0.1, 0.15) is 0 Å². The maximum absolute atomic E-state index is 9.41. The smallest absolute Gasteiger partial charge is 0.306 e. The van der Waals surface area contributed by atoms with Gasteiger partial charge in [-0.05, 0) is 22.0 Å². The summed E-state index contributed by atoms with van der Waals surface area (Å²) < 4.78 is 5.30. The first-order valence-electron chi connectivity index (χ1n) is 4.61. The Morgan fingerprint density at radius 2 is 1.95 bits per heavy atom. The van der Waals surface area contributed by atoms with Gasteiger partial charge in [0.05, 0.1) is 21.5 Å². The molecule has 0 radical (unpaired) electrons. The van der Waals surface area contributed by atoms with E-state index in [0.29, 0.717) is 4.47 Å². The molecule has 0 aliphatic rings. The highest BCUT2D eigenvalue weighted by molar-refractivity contribution is 9.10. The van der Waals surface area contributed by atoms with Crippen molar-refractivity contribution < 1.29 is 23.7 Å². The molecule has 0 aliphatic carbocycles. The predicted octanol–water partition coefficient (Wildman–Crippen LogP) is 2.46. The first kappa shape index (κ1) is 17.7. The molecule has 0 saturated heterocycles. The zero-order valence-electron chi connectivity index (χ0n) is 9.72. The van der Waals surface area contributed by atoms with Crippen molar-refractivity contribution in [1.82, 2.24) is 5.48 Å². The monoisotopic (exact) mass is 413 g/mol. The summed E-state index contributed by atoms with van der Waals surface area (Å²) in [6.45, 7) is -4.29. The van der Waals surface area contributed by atoms with E-state index in [0.717, 1.165) is 0 Å². The summed E-state index contributed by atoms with van der Waals surface area (Å²) in [6, 6.07) is 1.37. The maximum Gasteiger partial charge on any atom is 0.306 e. The number of hydrogen-bond donors (Lipinski definition) is 4. The van der Waals surface area contributed by atoms with E-state index in [9.17, 15) is 14.7 Å². The average molecular weight is 415 g/mol. The lowest BCUT2D eigenvalue weighted by Crippen LogP contribution is -2.14. The van der Waals surface area contributed by atoms with Gasteiger partial charge in [0.2, 0.25) is 0 Å². The molecule has 0 aromatic heterocycles. The van der Waals surface area contributed by atoms with Gasteiger partial charge in [-0.1, -0.05) is 23.2 Å². The van der Waals surface area contributed by atoms with Crippen LogP contribution in [0.3, 0.4) is 0 Å². The molecule has 110 valence electrons. The van der Waals surface area contributed by atoms with Crippen molar-refractivity contribution >= 4 is 56.2 Å². The summed E-state index contributed by atoms with van der Waals surface area (Å²) in [5.41, 5.74) is 2.41. The van der Waals surface area contributed by atoms with E-state index in [1.807, 2.05) is 0 Å². The number of nitrogens with one attached hydrogen (secondary N) is 1. The lowest BCUT2D eigenvalue weighted by molar-refractivity contribution is 0.217. The summed E-state index contributed by atoms with van der Waals surface area (Å²) in [6.07, 6.45) is 0. The summed E-state index contributed by atoms with van der Waals surface area (Å²) >= 11 is 15.2. The van der Waals surface area contributed by atoms with Crippen molar-refractivity contribution in [3.05, 3.63) is 20.6 Å². The molecule has 1 aromatic rings. The highest BCUT2D eigenvalue weighted by Gasteiger charge is 2.24. The molecule has 0 amide bonds. The van der Waals surface area contributed by atoms with Gasteiger partial charge >= 0.3 is 6.72 Å². The molecular weight excluding hydrogens is 404 g/mol. The third kappa shape index (κ3) is 4.07. The van der Waals surface area contributed by atoms with Crippen molar-refractivity contribution in [1.29, 1.82) is 0 Å². The number of hydrogen-bond acceptors (Lipinski definition) is 3. The van der Waals surface area contributed by atoms with Gasteiger partial charge in [0.1, 0.15) is 5.02 Å². The van der Waals surface area contributed by atoms with Gasteiger partial charge in [-0.2, -0.15) is 5.48 Å². The van der Waals surface area contributed by atoms with E-state index >= 15 is 0 Å². The molecule has 0 spiro atoms. The van der Waals surface area contributed by atoms with Crippen molar-refractivity contribution in [2.24, 2.45) is 0 Å². The summed E-state index contributed by atoms with van der Waals surface area (Å²) in [4.78, 5) is 33.5. The fourth-order valence-corrected chi connectivity index (χ4v) is 5.08. The Morgan fingerprint density at radius 3 is 2.37 bits per heavy atom. The Labute approximate surface area is 130 Å².